The van der Waals surface area contributed by atoms with Crippen LogP contribution in [0.3, 0.4) is 0 Å². The number of methoxy groups -OCH3 is 1. The number of carbonyl (C=O) groups is 1. The molecule has 0 bridgehead atoms. The molecule has 8 heteroatoms. The number of amides is 1. The van der Waals surface area contributed by atoms with Crippen LogP contribution in [-0.4, -0.2) is 45.4 Å². The lowest BCUT2D eigenvalue weighted by atomic mass is 9.86. The molecule has 4 rings (SSSR count). The largest absolute Gasteiger partial charge is 0.497 e. The fourth-order valence-corrected chi connectivity index (χ4v) is 5.65. The molecule has 6 nitrogen and oxygen atoms in total. The Morgan fingerprint density at radius 2 is 1.89 bits per heavy atom. The molecule has 2 saturated heterocycles. The van der Waals surface area contributed by atoms with E-state index in [1.165, 1.54) is 29.6 Å². The van der Waals surface area contributed by atoms with Crippen LogP contribution in [0.1, 0.15) is 12.8 Å². The van der Waals surface area contributed by atoms with Crippen LogP contribution in [0.2, 0.25) is 0 Å². The summed E-state index contributed by atoms with van der Waals surface area (Å²) < 4.78 is 46.2. The second-order valence-electron chi connectivity index (χ2n) is 7.40. The van der Waals surface area contributed by atoms with Crippen LogP contribution in [0.5, 0.6) is 5.75 Å². The predicted octanol–water partition coefficient (Wildman–Crippen LogP) is 2.65. The number of nitrogens with zero attached hydrogens (tertiary/aromatic N) is 2. The lowest BCUT2D eigenvalue weighted by Gasteiger charge is -2.24. The van der Waals surface area contributed by atoms with Gasteiger partial charge in [-0.2, -0.15) is 4.31 Å². The zero-order valence-corrected chi connectivity index (χ0v) is 16.3. The Hall–Kier alpha value is -2.45. The number of hydrogen-bond acceptors (Lipinski definition) is 4. The third kappa shape index (κ3) is 3.27. The minimum Gasteiger partial charge on any atom is -0.497 e. The zero-order valence-electron chi connectivity index (χ0n) is 15.5. The number of anilines is 1. The maximum absolute atomic E-state index is 13.5. The third-order valence-corrected chi connectivity index (χ3v) is 7.36. The molecule has 0 aliphatic carbocycles. The van der Waals surface area contributed by atoms with Gasteiger partial charge in [-0.15, -0.1) is 0 Å². The van der Waals surface area contributed by atoms with Gasteiger partial charge in [0, 0.05) is 43.2 Å². The first-order valence-corrected chi connectivity index (χ1v) is 10.5. The molecule has 148 valence electrons. The monoisotopic (exact) mass is 404 g/mol. The Balaban J connectivity index is 1.56. The van der Waals surface area contributed by atoms with Crippen molar-refractivity contribution in [2.24, 2.45) is 5.41 Å². The van der Waals surface area contributed by atoms with Gasteiger partial charge in [0.25, 0.3) is 0 Å². The molecule has 1 atom stereocenters. The van der Waals surface area contributed by atoms with Gasteiger partial charge in [-0.1, -0.05) is 12.1 Å². The number of hydrogen-bond donors (Lipinski definition) is 0. The van der Waals surface area contributed by atoms with Crippen LogP contribution in [-0.2, 0) is 14.8 Å². The van der Waals surface area contributed by atoms with Crippen molar-refractivity contribution in [3.63, 3.8) is 0 Å². The number of benzene rings is 2. The van der Waals surface area contributed by atoms with E-state index in [1.807, 2.05) is 0 Å². The van der Waals surface area contributed by atoms with Crippen LogP contribution in [0, 0.1) is 11.2 Å². The highest BCUT2D eigenvalue weighted by Crippen LogP contribution is 2.43. The molecular weight excluding hydrogens is 383 g/mol. The van der Waals surface area contributed by atoms with Gasteiger partial charge in [-0.05, 0) is 36.8 Å². The molecule has 2 aromatic rings. The third-order valence-electron chi connectivity index (χ3n) is 5.52. The minimum absolute atomic E-state index is 0.105. The number of rotatable bonds is 4. The molecule has 28 heavy (non-hydrogen) atoms. The topological polar surface area (TPSA) is 66.9 Å². The normalized spacial score (nSPS) is 22.9. The van der Waals surface area contributed by atoms with E-state index < -0.39 is 21.3 Å². The Morgan fingerprint density at radius 3 is 2.64 bits per heavy atom. The van der Waals surface area contributed by atoms with Crippen LogP contribution >= 0.6 is 0 Å². The van der Waals surface area contributed by atoms with Crippen LogP contribution in [0.15, 0.2) is 53.4 Å². The SMILES string of the molecule is COc1cccc(S(=O)(=O)N2CC[C@]3(CC(=O)N(c4cccc(F)c4)C3)C2)c1. The standard InChI is InChI=1S/C20H21FN2O4S/c1-27-17-6-3-7-18(11-17)28(25,26)22-9-8-20(13-22)12-19(24)23(14-20)16-5-2-4-15(21)10-16/h2-7,10-11H,8-9,12-14H2,1H3/t20-/m0/s1. The van der Waals surface area contributed by atoms with Crippen LogP contribution in [0.25, 0.3) is 0 Å². The van der Waals surface area contributed by atoms with Crippen molar-refractivity contribution in [1.82, 2.24) is 4.31 Å². The quantitative estimate of drug-likeness (QED) is 0.786. The van der Waals surface area contributed by atoms with Crippen LogP contribution < -0.4 is 9.64 Å². The van der Waals surface area contributed by atoms with E-state index in [4.69, 9.17) is 4.74 Å². The Bertz CT molecular complexity index is 1030. The summed E-state index contributed by atoms with van der Waals surface area (Å²) in [5, 5.41) is 0. The lowest BCUT2D eigenvalue weighted by molar-refractivity contribution is -0.117. The van der Waals surface area contributed by atoms with E-state index in [0.29, 0.717) is 30.9 Å². The highest BCUT2D eigenvalue weighted by atomic mass is 32.2. The van der Waals surface area contributed by atoms with Gasteiger partial charge >= 0.3 is 0 Å². The van der Waals surface area contributed by atoms with E-state index in [9.17, 15) is 17.6 Å². The first kappa shape index (κ1) is 18.9. The Kier molecular flexibility index (Phi) is 4.63. The number of halogens is 1. The van der Waals surface area contributed by atoms with Gasteiger partial charge in [-0.25, -0.2) is 12.8 Å². The summed E-state index contributed by atoms with van der Waals surface area (Å²) in [4.78, 5) is 14.3. The number of ether oxygens (including phenoxy) is 1. The molecule has 2 aromatic carbocycles. The van der Waals surface area contributed by atoms with E-state index >= 15 is 0 Å². The van der Waals surface area contributed by atoms with Gasteiger partial charge in [-0.3, -0.25) is 4.79 Å². The molecule has 0 unspecified atom stereocenters. The molecule has 0 N–H and O–H groups in total. The highest BCUT2D eigenvalue weighted by molar-refractivity contribution is 7.89. The van der Waals surface area contributed by atoms with Crippen molar-refractivity contribution >= 4 is 21.6 Å². The maximum Gasteiger partial charge on any atom is 0.243 e. The second-order valence-corrected chi connectivity index (χ2v) is 9.34. The van der Waals surface area contributed by atoms with Gasteiger partial charge in [0.05, 0.1) is 12.0 Å². The summed E-state index contributed by atoms with van der Waals surface area (Å²) in [6, 6.07) is 12.3. The molecule has 2 aliphatic rings. The minimum atomic E-state index is -3.68. The van der Waals surface area contributed by atoms with Crippen molar-refractivity contribution < 1.29 is 22.3 Å². The first-order valence-electron chi connectivity index (χ1n) is 9.03. The van der Waals surface area contributed by atoms with E-state index in [0.717, 1.165) is 0 Å². The lowest BCUT2D eigenvalue weighted by Crippen LogP contribution is -2.34. The number of carbonyl (C=O) groups excluding carboxylic acids is 1. The summed E-state index contributed by atoms with van der Waals surface area (Å²) in [6.45, 7) is 1.01. The summed E-state index contributed by atoms with van der Waals surface area (Å²) in [7, 11) is -2.19. The Labute approximate surface area is 163 Å². The summed E-state index contributed by atoms with van der Waals surface area (Å²) >= 11 is 0. The fraction of sp³-hybridized carbons (Fsp3) is 0.350. The van der Waals surface area contributed by atoms with Gasteiger partial charge in [0.2, 0.25) is 15.9 Å². The van der Waals surface area contributed by atoms with Gasteiger partial charge in [0.15, 0.2) is 0 Å². The van der Waals surface area contributed by atoms with Crippen LogP contribution in [0.4, 0.5) is 10.1 Å². The highest BCUT2D eigenvalue weighted by Gasteiger charge is 2.50. The average molecular weight is 404 g/mol. The number of sulfonamides is 1. The zero-order chi connectivity index (χ0) is 19.9. The van der Waals surface area contributed by atoms with E-state index in [1.54, 1.807) is 35.2 Å². The van der Waals surface area contributed by atoms with Gasteiger partial charge in [0.1, 0.15) is 11.6 Å². The molecule has 2 fully saturated rings. The first-order chi connectivity index (χ1) is 13.3. The maximum atomic E-state index is 13.5. The second kappa shape index (κ2) is 6.86. The average Bonchev–Trinajstić information content (AvgIpc) is 3.25. The predicted molar refractivity (Wildman–Crippen MR) is 102 cm³/mol. The molecule has 1 amide bonds. The van der Waals surface area contributed by atoms with Gasteiger partial charge < -0.3 is 9.64 Å². The molecule has 1 spiro atoms. The summed E-state index contributed by atoms with van der Waals surface area (Å²) in [5.74, 6) is -0.0329. The summed E-state index contributed by atoms with van der Waals surface area (Å²) in [5.41, 5.74) is 0.0611. The molecule has 2 heterocycles. The molecule has 2 aliphatic heterocycles. The smallest absolute Gasteiger partial charge is 0.243 e. The fourth-order valence-electron chi connectivity index (χ4n) is 4.06. The Morgan fingerprint density at radius 1 is 1.11 bits per heavy atom. The van der Waals surface area contributed by atoms with Crippen molar-refractivity contribution in [1.29, 1.82) is 0 Å². The van der Waals surface area contributed by atoms with E-state index in [-0.39, 0.29) is 23.8 Å². The molecule has 0 saturated carbocycles. The van der Waals surface area contributed by atoms with Crippen molar-refractivity contribution in [2.45, 2.75) is 17.7 Å². The molecular formula is C20H21FN2O4S. The van der Waals surface area contributed by atoms with E-state index in [2.05, 4.69) is 0 Å². The summed E-state index contributed by atoms with van der Waals surface area (Å²) in [6.07, 6.45) is 0.849. The van der Waals surface area contributed by atoms with Crippen molar-refractivity contribution in [3.8, 4) is 5.75 Å². The molecule has 0 aromatic heterocycles. The van der Waals surface area contributed by atoms with Crippen molar-refractivity contribution in [2.75, 3.05) is 31.6 Å². The molecule has 0 radical (unpaired) electrons. The van der Waals surface area contributed by atoms with Crippen molar-refractivity contribution in [3.05, 3.63) is 54.3 Å².